The molecule has 2 unspecified atom stereocenters. The van der Waals surface area contributed by atoms with Crippen LogP contribution in [0.1, 0.15) is 36.1 Å². The molecule has 2 aliphatic rings. The molecule has 3 heterocycles. The van der Waals surface area contributed by atoms with Crippen molar-refractivity contribution in [2.24, 2.45) is 0 Å². The second kappa shape index (κ2) is 10.2. The average molecular weight is 407 g/mol. The number of amides is 2. The summed E-state index contributed by atoms with van der Waals surface area (Å²) in [5, 5.41) is 4.71. The highest BCUT2D eigenvalue weighted by molar-refractivity contribution is 7.11. The van der Waals surface area contributed by atoms with Gasteiger partial charge in [-0.25, -0.2) is 0 Å². The quantitative estimate of drug-likeness (QED) is 0.661. The van der Waals surface area contributed by atoms with Crippen molar-refractivity contribution in [3.05, 3.63) is 28.0 Å². The van der Waals surface area contributed by atoms with Gasteiger partial charge in [-0.3, -0.25) is 9.59 Å². The second-order valence-electron chi connectivity index (χ2n) is 7.86. The van der Waals surface area contributed by atoms with Crippen LogP contribution in [0.25, 0.3) is 6.08 Å². The van der Waals surface area contributed by atoms with Gasteiger partial charge in [0, 0.05) is 43.5 Å². The molecule has 2 atom stereocenters. The lowest BCUT2D eigenvalue weighted by molar-refractivity contribution is -0.910. The Morgan fingerprint density at radius 3 is 2.79 bits per heavy atom. The number of nitrogens with zero attached hydrogens (tertiary/aromatic N) is 1. The van der Waals surface area contributed by atoms with Crippen LogP contribution < -0.4 is 10.2 Å². The molecule has 2 saturated heterocycles. The predicted octanol–water partition coefficient (Wildman–Crippen LogP) is 0.871. The van der Waals surface area contributed by atoms with Gasteiger partial charge in [0.15, 0.2) is 0 Å². The SMILES string of the molecule is Cc1ccsc1C=CC(=O)NCC(=O)N1CCC([NH+](C)CC2CCCO2)CC1. The molecule has 2 N–H and O–H groups in total. The first-order valence-electron chi connectivity index (χ1n) is 10.2. The van der Waals surface area contributed by atoms with Crippen LogP contribution in [-0.4, -0.2) is 68.7 Å². The predicted molar refractivity (Wildman–Crippen MR) is 111 cm³/mol. The number of likely N-dealkylation sites (N-methyl/N-ethyl adjacent to an activating group) is 1. The van der Waals surface area contributed by atoms with Crippen LogP contribution >= 0.6 is 11.3 Å². The standard InChI is InChI=1S/C21H31N3O3S/c1-16-9-13-28-19(16)5-6-20(25)22-14-21(26)24-10-7-17(8-11-24)23(2)15-18-4-3-12-27-18/h5-6,9,13,17-18H,3-4,7-8,10-12,14-15H2,1-2H3,(H,22,25)/p+1. The lowest BCUT2D eigenvalue weighted by Gasteiger charge is -2.35. The molecule has 0 radical (unpaired) electrons. The molecule has 7 heteroatoms. The number of piperidine rings is 1. The number of thiophene rings is 1. The van der Waals surface area contributed by atoms with Gasteiger partial charge in [0.25, 0.3) is 0 Å². The fraction of sp³-hybridized carbons (Fsp3) is 0.619. The van der Waals surface area contributed by atoms with Crippen LogP contribution in [0.2, 0.25) is 0 Å². The summed E-state index contributed by atoms with van der Waals surface area (Å²) >= 11 is 1.60. The Bertz CT molecular complexity index is 689. The average Bonchev–Trinajstić information content (AvgIpc) is 3.36. The number of rotatable bonds is 7. The zero-order valence-corrected chi connectivity index (χ0v) is 17.7. The normalized spacial score (nSPS) is 21.9. The third-order valence-electron chi connectivity index (χ3n) is 5.82. The van der Waals surface area contributed by atoms with Crippen molar-refractivity contribution in [1.82, 2.24) is 10.2 Å². The smallest absolute Gasteiger partial charge is 0.244 e. The number of aryl methyl sites for hydroxylation is 1. The number of likely N-dealkylation sites (tertiary alicyclic amines) is 1. The van der Waals surface area contributed by atoms with Crippen LogP contribution in [0.15, 0.2) is 17.5 Å². The molecule has 154 valence electrons. The van der Waals surface area contributed by atoms with Crippen LogP contribution in [0.4, 0.5) is 0 Å². The molecule has 2 amide bonds. The molecule has 0 aliphatic carbocycles. The van der Waals surface area contributed by atoms with Gasteiger partial charge in [0.2, 0.25) is 11.8 Å². The Morgan fingerprint density at radius 2 is 2.14 bits per heavy atom. The lowest BCUT2D eigenvalue weighted by Crippen LogP contribution is -3.14. The van der Waals surface area contributed by atoms with E-state index in [0.717, 1.165) is 49.5 Å². The zero-order valence-electron chi connectivity index (χ0n) is 16.9. The largest absolute Gasteiger partial charge is 0.372 e. The summed E-state index contributed by atoms with van der Waals surface area (Å²) in [4.78, 5) is 28.8. The molecule has 3 rings (SSSR count). The maximum absolute atomic E-state index is 12.4. The monoisotopic (exact) mass is 406 g/mol. The fourth-order valence-electron chi connectivity index (χ4n) is 3.99. The Morgan fingerprint density at radius 1 is 1.36 bits per heavy atom. The van der Waals surface area contributed by atoms with Crippen molar-refractivity contribution in [3.63, 3.8) is 0 Å². The van der Waals surface area contributed by atoms with Crippen molar-refractivity contribution in [3.8, 4) is 0 Å². The van der Waals surface area contributed by atoms with Crippen LogP contribution in [0, 0.1) is 6.92 Å². The maximum Gasteiger partial charge on any atom is 0.244 e. The molecule has 1 aromatic rings. The number of ether oxygens (including phenoxy) is 1. The third kappa shape index (κ3) is 5.90. The molecule has 6 nitrogen and oxygen atoms in total. The maximum atomic E-state index is 12.4. The zero-order chi connectivity index (χ0) is 19.9. The van der Waals surface area contributed by atoms with Gasteiger partial charge < -0.3 is 19.9 Å². The minimum absolute atomic E-state index is 0.00397. The van der Waals surface area contributed by atoms with E-state index in [1.54, 1.807) is 17.4 Å². The van der Waals surface area contributed by atoms with E-state index in [1.165, 1.54) is 23.8 Å². The van der Waals surface area contributed by atoms with Gasteiger partial charge >= 0.3 is 0 Å². The van der Waals surface area contributed by atoms with Crippen molar-refractivity contribution in [2.75, 3.05) is 39.8 Å². The Labute approximate surface area is 171 Å². The summed E-state index contributed by atoms with van der Waals surface area (Å²) in [6.45, 7) is 5.58. The molecule has 2 aliphatic heterocycles. The first-order chi connectivity index (χ1) is 13.5. The van der Waals surface area contributed by atoms with E-state index in [9.17, 15) is 9.59 Å². The van der Waals surface area contributed by atoms with E-state index in [0.29, 0.717) is 12.1 Å². The summed E-state index contributed by atoms with van der Waals surface area (Å²) in [5.41, 5.74) is 1.15. The summed E-state index contributed by atoms with van der Waals surface area (Å²) in [7, 11) is 2.24. The van der Waals surface area contributed by atoms with E-state index in [1.807, 2.05) is 23.3 Å². The number of hydrogen-bond donors (Lipinski definition) is 2. The number of carbonyl (C=O) groups is 2. The van der Waals surface area contributed by atoms with Crippen molar-refractivity contribution in [2.45, 2.75) is 44.8 Å². The second-order valence-corrected chi connectivity index (χ2v) is 8.81. The van der Waals surface area contributed by atoms with Gasteiger partial charge in [-0.15, -0.1) is 11.3 Å². The van der Waals surface area contributed by atoms with E-state index in [-0.39, 0.29) is 18.4 Å². The summed E-state index contributed by atoms with van der Waals surface area (Å²) in [6, 6.07) is 2.61. The lowest BCUT2D eigenvalue weighted by atomic mass is 10.0. The van der Waals surface area contributed by atoms with Gasteiger partial charge in [0.1, 0.15) is 12.6 Å². The molecule has 1 aromatic heterocycles. The van der Waals surface area contributed by atoms with E-state index >= 15 is 0 Å². The fourth-order valence-corrected chi connectivity index (χ4v) is 4.81. The molecular weight excluding hydrogens is 374 g/mol. The summed E-state index contributed by atoms with van der Waals surface area (Å²) in [6.07, 6.45) is 8.08. The van der Waals surface area contributed by atoms with Gasteiger partial charge in [-0.1, -0.05) is 0 Å². The molecule has 0 saturated carbocycles. The van der Waals surface area contributed by atoms with Gasteiger partial charge in [0.05, 0.1) is 19.6 Å². The Kier molecular flexibility index (Phi) is 7.65. The third-order valence-corrected chi connectivity index (χ3v) is 6.80. The topological polar surface area (TPSA) is 63.1 Å². The highest BCUT2D eigenvalue weighted by Gasteiger charge is 2.30. The number of carbonyl (C=O) groups excluding carboxylic acids is 2. The Balaban J connectivity index is 1.36. The molecule has 0 bridgehead atoms. The van der Waals surface area contributed by atoms with Crippen LogP contribution in [0.5, 0.6) is 0 Å². The summed E-state index contributed by atoms with van der Waals surface area (Å²) < 4.78 is 5.75. The number of quaternary nitrogens is 1. The molecule has 0 aromatic carbocycles. The van der Waals surface area contributed by atoms with Crippen molar-refractivity contribution >= 4 is 29.2 Å². The molecule has 0 spiro atoms. The summed E-state index contributed by atoms with van der Waals surface area (Å²) in [5.74, 6) is -0.221. The Hall–Kier alpha value is -1.70. The van der Waals surface area contributed by atoms with E-state index < -0.39 is 0 Å². The van der Waals surface area contributed by atoms with Gasteiger partial charge in [-0.2, -0.15) is 0 Å². The van der Waals surface area contributed by atoms with E-state index in [4.69, 9.17) is 4.74 Å². The first-order valence-corrected chi connectivity index (χ1v) is 11.1. The van der Waals surface area contributed by atoms with Crippen molar-refractivity contribution in [1.29, 1.82) is 0 Å². The number of hydrogen-bond acceptors (Lipinski definition) is 4. The van der Waals surface area contributed by atoms with Crippen LogP contribution in [-0.2, 0) is 14.3 Å². The molecule has 28 heavy (non-hydrogen) atoms. The van der Waals surface area contributed by atoms with Gasteiger partial charge in [-0.05, 0) is 42.9 Å². The minimum Gasteiger partial charge on any atom is -0.372 e. The molecular formula is C21H32N3O3S+. The van der Waals surface area contributed by atoms with Crippen LogP contribution in [0.3, 0.4) is 0 Å². The van der Waals surface area contributed by atoms with Crippen molar-refractivity contribution < 1.29 is 19.2 Å². The highest BCUT2D eigenvalue weighted by atomic mass is 32.1. The highest BCUT2D eigenvalue weighted by Crippen LogP contribution is 2.16. The number of nitrogens with one attached hydrogen (secondary N) is 2. The molecule has 2 fully saturated rings. The van der Waals surface area contributed by atoms with E-state index in [2.05, 4.69) is 12.4 Å². The first kappa shape index (κ1) is 21.0. The minimum atomic E-state index is -0.225.